The lowest BCUT2D eigenvalue weighted by molar-refractivity contribution is -0.139. The fourth-order valence-corrected chi connectivity index (χ4v) is 1.19. The molecule has 0 aliphatic heterocycles. The van der Waals surface area contributed by atoms with Crippen LogP contribution < -0.4 is 5.32 Å². The van der Waals surface area contributed by atoms with Gasteiger partial charge in [0.25, 0.3) is 5.91 Å². The first-order chi connectivity index (χ1) is 8.84. The number of carbonyl (C=O) groups is 3. The molecule has 0 fully saturated rings. The predicted octanol–water partition coefficient (Wildman–Crippen LogP) is 1.62. The molecule has 0 radical (unpaired) electrons. The molecule has 108 valence electrons. The predicted molar refractivity (Wildman–Crippen MR) is 72.5 cm³/mol. The minimum atomic E-state index is -0.563. The van der Waals surface area contributed by atoms with E-state index in [0.29, 0.717) is 30.9 Å². The molecule has 0 aromatic carbocycles. The molecule has 0 atom stereocenters. The van der Waals surface area contributed by atoms with E-state index < -0.39 is 17.7 Å². The van der Waals surface area contributed by atoms with E-state index in [1.165, 1.54) is 0 Å². The zero-order valence-corrected chi connectivity index (χ0v) is 12.0. The fourth-order valence-electron chi connectivity index (χ4n) is 1.19. The van der Waals surface area contributed by atoms with Crippen molar-refractivity contribution < 1.29 is 19.1 Å². The Morgan fingerprint density at radius 3 is 2.42 bits per heavy atom. The first-order valence-electron chi connectivity index (χ1n) is 6.48. The number of ketones is 1. The Hall–Kier alpha value is -1.65. The molecule has 1 amide bonds. The van der Waals surface area contributed by atoms with Crippen LogP contribution in [0.5, 0.6) is 0 Å². The summed E-state index contributed by atoms with van der Waals surface area (Å²) in [4.78, 5) is 33.8. The summed E-state index contributed by atoms with van der Waals surface area (Å²) in [5.74, 6) is -1.00. The molecule has 0 unspecified atom stereocenters. The van der Waals surface area contributed by atoms with Gasteiger partial charge in [-0.05, 0) is 25.7 Å². The van der Waals surface area contributed by atoms with Gasteiger partial charge >= 0.3 is 5.97 Å². The topological polar surface area (TPSA) is 72.5 Å². The summed E-state index contributed by atoms with van der Waals surface area (Å²) in [5, 5.41) is 2.51. The SMILES string of the molecule is C=C(C)C(=O)OCCCNC(=O)C(=O)CCC(C)C. The normalized spacial score (nSPS) is 10.1. The molecule has 5 nitrogen and oxygen atoms in total. The Kier molecular flexibility index (Phi) is 8.49. The smallest absolute Gasteiger partial charge is 0.333 e. The number of nitrogens with one attached hydrogen (secondary N) is 1. The Morgan fingerprint density at radius 1 is 1.26 bits per heavy atom. The molecule has 0 aromatic rings. The van der Waals surface area contributed by atoms with Crippen LogP contribution in [0.4, 0.5) is 0 Å². The second kappa shape index (κ2) is 9.30. The van der Waals surface area contributed by atoms with Gasteiger partial charge < -0.3 is 10.1 Å². The largest absolute Gasteiger partial charge is 0.462 e. The van der Waals surface area contributed by atoms with E-state index >= 15 is 0 Å². The van der Waals surface area contributed by atoms with Gasteiger partial charge in [0, 0.05) is 18.5 Å². The van der Waals surface area contributed by atoms with E-state index in [-0.39, 0.29) is 13.0 Å². The highest BCUT2D eigenvalue weighted by atomic mass is 16.5. The highest BCUT2D eigenvalue weighted by Gasteiger charge is 2.13. The van der Waals surface area contributed by atoms with Crippen molar-refractivity contribution in [1.29, 1.82) is 0 Å². The van der Waals surface area contributed by atoms with Crippen molar-refractivity contribution in [3.8, 4) is 0 Å². The molecule has 1 N–H and O–H groups in total. The lowest BCUT2D eigenvalue weighted by atomic mass is 10.1. The van der Waals surface area contributed by atoms with Crippen molar-refractivity contribution in [2.24, 2.45) is 5.92 Å². The lowest BCUT2D eigenvalue weighted by Crippen LogP contribution is -2.32. The van der Waals surface area contributed by atoms with Gasteiger partial charge in [-0.3, -0.25) is 9.59 Å². The standard InChI is InChI=1S/C14H23NO4/c1-10(2)6-7-12(16)13(17)15-8-5-9-19-14(18)11(3)4/h10H,3,5-9H2,1-2,4H3,(H,15,17). The summed E-state index contributed by atoms with van der Waals surface area (Å²) in [6.07, 6.45) is 1.46. The van der Waals surface area contributed by atoms with Gasteiger partial charge in [-0.15, -0.1) is 0 Å². The van der Waals surface area contributed by atoms with Crippen LogP contribution in [0.15, 0.2) is 12.2 Å². The zero-order valence-electron chi connectivity index (χ0n) is 12.0. The minimum absolute atomic E-state index is 0.201. The molecule has 0 bridgehead atoms. The van der Waals surface area contributed by atoms with Crippen molar-refractivity contribution in [1.82, 2.24) is 5.32 Å². The van der Waals surface area contributed by atoms with Crippen LogP contribution in [-0.2, 0) is 19.1 Å². The van der Waals surface area contributed by atoms with Crippen LogP contribution in [-0.4, -0.2) is 30.8 Å². The summed E-state index contributed by atoms with van der Waals surface area (Å²) in [6.45, 7) is 9.54. The van der Waals surface area contributed by atoms with Gasteiger partial charge in [0.15, 0.2) is 0 Å². The number of ether oxygens (including phenoxy) is 1. The Bertz CT molecular complexity index is 347. The van der Waals surface area contributed by atoms with Crippen LogP contribution in [0.25, 0.3) is 0 Å². The molecule has 19 heavy (non-hydrogen) atoms. The second-order valence-corrected chi connectivity index (χ2v) is 4.88. The van der Waals surface area contributed by atoms with E-state index in [2.05, 4.69) is 11.9 Å². The fraction of sp³-hybridized carbons (Fsp3) is 0.643. The Labute approximate surface area is 114 Å². The third-order valence-corrected chi connectivity index (χ3v) is 2.39. The van der Waals surface area contributed by atoms with E-state index in [1.54, 1.807) is 6.92 Å². The molecular formula is C14H23NO4. The van der Waals surface area contributed by atoms with Crippen molar-refractivity contribution in [2.45, 2.75) is 40.0 Å². The van der Waals surface area contributed by atoms with Crippen LogP contribution in [0, 0.1) is 5.92 Å². The Morgan fingerprint density at radius 2 is 1.89 bits per heavy atom. The van der Waals surface area contributed by atoms with E-state index in [0.717, 1.165) is 0 Å². The number of hydrogen-bond donors (Lipinski definition) is 1. The molecule has 0 aromatic heterocycles. The van der Waals surface area contributed by atoms with E-state index in [9.17, 15) is 14.4 Å². The van der Waals surface area contributed by atoms with Gasteiger partial charge in [-0.1, -0.05) is 20.4 Å². The van der Waals surface area contributed by atoms with E-state index in [4.69, 9.17) is 4.74 Å². The highest BCUT2D eigenvalue weighted by Crippen LogP contribution is 2.03. The average Bonchev–Trinajstić information content (AvgIpc) is 2.34. The number of carbonyl (C=O) groups excluding carboxylic acids is 3. The van der Waals surface area contributed by atoms with Crippen molar-refractivity contribution in [3.63, 3.8) is 0 Å². The zero-order chi connectivity index (χ0) is 14.8. The summed E-state index contributed by atoms with van der Waals surface area (Å²) in [5.41, 5.74) is 0.341. The quantitative estimate of drug-likeness (QED) is 0.299. The molecule has 0 spiro atoms. The number of amides is 1. The maximum Gasteiger partial charge on any atom is 0.333 e. The van der Waals surface area contributed by atoms with Crippen molar-refractivity contribution in [2.75, 3.05) is 13.2 Å². The van der Waals surface area contributed by atoms with Crippen LogP contribution in [0.2, 0.25) is 0 Å². The van der Waals surface area contributed by atoms with E-state index in [1.807, 2.05) is 13.8 Å². The third-order valence-electron chi connectivity index (χ3n) is 2.39. The van der Waals surface area contributed by atoms with Gasteiger partial charge in [-0.2, -0.15) is 0 Å². The number of esters is 1. The van der Waals surface area contributed by atoms with Crippen molar-refractivity contribution in [3.05, 3.63) is 12.2 Å². The summed E-state index contributed by atoms with van der Waals surface area (Å²) >= 11 is 0. The molecule has 0 aliphatic rings. The minimum Gasteiger partial charge on any atom is -0.462 e. The molecule has 5 heteroatoms. The third kappa shape index (κ3) is 8.99. The van der Waals surface area contributed by atoms with Crippen LogP contribution in [0.1, 0.15) is 40.0 Å². The molecule has 0 heterocycles. The molecule has 0 saturated carbocycles. The monoisotopic (exact) mass is 269 g/mol. The molecule has 0 aliphatic carbocycles. The second-order valence-electron chi connectivity index (χ2n) is 4.88. The van der Waals surface area contributed by atoms with Crippen LogP contribution >= 0.6 is 0 Å². The number of Topliss-reactive ketones (excluding diaryl/α,β-unsaturated/α-hetero) is 1. The maximum absolute atomic E-state index is 11.4. The highest BCUT2D eigenvalue weighted by molar-refractivity contribution is 6.36. The lowest BCUT2D eigenvalue weighted by Gasteiger charge is -2.06. The van der Waals surface area contributed by atoms with Gasteiger partial charge in [0.2, 0.25) is 5.78 Å². The summed E-state index contributed by atoms with van der Waals surface area (Å²) < 4.78 is 4.85. The summed E-state index contributed by atoms with van der Waals surface area (Å²) in [6, 6.07) is 0. The number of hydrogen-bond acceptors (Lipinski definition) is 4. The first kappa shape index (κ1) is 17.4. The maximum atomic E-state index is 11.4. The summed E-state index contributed by atoms with van der Waals surface area (Å²) in [7, 11) is 0. The molecular weight excluding hydrogens is 246 g/mol. The molecule has 0 rings (SSSR count). The average molecular weight is 269 g/mol. The molecule has 0 saturated heterocycles. The van der Waals surface area contributed by atoms with Gasteiger partial charge in [0.05, 0.1) is 6.61 Å². The van der Waals surface area contributed by atoms with Gasteiger partial charge in [-0.25, -0.2) is 4.79 Å². The first-order valence-corrected chi connectivity index (χ1v) is 6.48. The van der Waals surface area contributed by atoms with Crippen molar-refractivity contribution >= 4 is 17.7 Å². The van der Waals surface area contributed by atoms with Gasteiger partial charge in [0.1, 0.15) is 0 Å². The Balaban J connectivity index is 3.66. The van der Waals surface area contributed by atoms with Crippen LogP contribution in [0.3, 0.4) is 0 Å². The number of rotatable bonds is 9.